The second-order valence-electron chi connectivity index (χ2n) is 33.4. The average Bonchev–Trinajstić information content (AvgIpc) is 1.54. The van der Waals surface area contributed by atoms with Crippen LogP contribution in [0.3, 0.4) is 0 Å². The van der Waals surface area contributed by atoms with Crippen molar-refractivity contribution in [3.05, 3.63) is 412 Å². The number of benzene rings is 18. The topological polar surface area (TPSA) is 181 Å². The summed E-state index contributed by atoms with van der Waals surface area (Å²) < 4.78 is 27.7. The monoisotopic (exact) mass is 1690 g/mol. The molecule has 0 bridgehead atoms. The molecule has 0 amide bonds. The number of aromatic nitrogens is 12. The molecule has 0 saturated heterocycles. The van der Waals surface area contributed by atoms with Crippen LogP contribution < -0.4 is 0 Å². The first-order chi connectivity index (χ1) is 65.4. The van der Waals surface area contributed by atoms with Gasteiger partial charge >= 0.3 is 0 Å². The lowest BCUT2D eigenvalue weighted by atomic mass is 10.1. The molecule has 0 fully saturated rings. The van der Waals surface area contributed by atoms with E-state index in [1.807, 2.05) is 146 Å². The Kier molecular flexibility index (Phi) is 16.2. The van der Waals surface area contributed by atoms with Crippen molar-refractivity contribution in [2.75, 3.05) is 0 Å². The molecule has 0 spiro atoms. The molecule has 18 aromatic carbocycles. The first-order valence-electron chi connectivity index (χ1n) is 43.9. The van der Waals surface area contributed by atoms with Crippen molar-refractivity contribution in [1.82, 2.24) is 57.3 Å². The van der Waals surface area contributed by atoms with Gasteiger partial charge in [0.25, 0.3) is 0 Å². The van der Waals surface area contributed by atoms with Crippen LogP contribution in [-0.2, 0) is 0 Å². The van der Waals surface area contributed by atoms with Crippen LogP contribution in [0.5, 0.6) is 0 Å². The molecule has 0 radical (unpaired) electrons. The van der Waals surface area contributed by atoms with Crippen LogP contribution in [-0.4, -0.2) is 57.3 Å². The van der Waals surface area contributed by atoms with Crippen LogP contribution in [0.4, 0.5) is 0 Å². The van der Waals surface area contributed by atoms with Crippen molar-refractivity contribution in [3.63, 3.8) is 0 Å². The highest BCUT2D eigenvalue weighted by Crippen LogP contribution is 2.49. The molecule has 28 rings (SSSR count). The van der Waals surface area contributed by atoms with Crippen molar-refractivity contribution in [2.45, 2.75) is 0 Å². The molecule has 10 aromatic heterocycles. The SMILES string of the molecule is N#Cc1cc(-c2nc(-c3ccccc3)nc(-n3c4ccccc4c4ccccc43)n2)ccc1-n1c2ccccc2c2ccc3c4ccc5c(c6ccccc6n5-c5ccccc5)c4oc3c21.N#Cc1cc(-c2nc(-c3ccccc3)nc(-n3c4ccccc4c4ccccc43)n2)ccc1-n1c2ccccc2c2ccc3c4ccc5c6ccccc6n(-c6ccccc6)c5c4oc3c21. The molecule has 612 valence electrons. The van der Waals surface area contributed by atoms with Crippen LogP contribution >= 0.6 is 0 Å². The Hall–Kier alpha value is -18.6. The van der Waals surface area contributed by atoms with Gasteiger partial charge in [-0.3, -0.25) is 9.13 Å². The Morgan fingerprint density at radius 1 is 0.197 bits per heavy atom. The Bertz CT molecular complexity index is 9730. The molecule has 16 heteroatoms. The van der Waals surface area contributed by atoms with Crippen LogP contribution in [0.2, 0.25) is 0 Å². The molecule has 16 nitrogen and oxygen atoms in total. The van der Waals surface area contributed by atoms with E-state index in [9.17, 15) is 10.5 Å². The van der Waals surface area contributed by atoms with Crippen molar-refractivity contribution in [3.8, 4) is 92.3 Å². The standard InChI is InChI=1S/2C58H33N7O/c59-34-37-33-36(57-60-56(35-15-3-1-4-16-35)61-58(62-57)65-50-25-13-7-19-39(50)40-20-8-14-26-51(40)65)27-32-47(37)64-49-24-12-10-22-42(49)44-29-31-46-45-30-28-43-41-21-9-11-23-48(41)63(38-17-5-2-6-18-38)52(43)54(45)66-55(46)53(44)64;59-34-37-33-36(57-60-56(35-15-3-1-4-16-35)61-58(62-57)65-48-24-12-7-19-39(48)40-20-8-13-25-49(40)65)27-31-46(37)64-47-23-11-9-21-41(47)42-28-29-44-43-30-32-51-52(54(43)66-55(44)53(42)64)45-22-10-14-26-50(45)63(51)38-17-5-2-6-18-38/h2*1-33H. The minimum Gasteiger partial charge on any atom is -0.453 e. The second kappa shape index (κ2) is 29.0. The summed E-state index contributed by atoms with van der Waals surface area (Å²) in [7, 11) is 0. The normalized spacial score (nSPS) is 11.9. The van der Waals surface area contributed by atoms with E-state index in [1.54, 1.807) is 0 Å². The van der Waals surface area contributed by atoms with Crippen LogP contribution in [0.1, 0.15) is 11.1 Å². The lowest BCUT2D eigenvalue weighted by Crippen LogP contribution is -2.06. The third-order valence-electron chi connectivity index (χ3n) is 26.3. The van der Waals surface area contributed by atoms with Crippen molar-refractivity contribution in [2.24, 2.45) is 0 Å². The Balaban J connectivity index is 0.000000135. The number of fused-ring (bicyclic) bond motifs is 28. The molecule has 0 unspecified atom stereocenters. The fraction of sp³-hybridized carbons (Fsp3) is 0. The zero-order valence-electron chi connectivity index (χ0n) is 70.2. The third-order valence-corrected chi connectivity index (χ3v) is 26.3. The predicted molar refractivity (Wildman–Crippen MR) is 531 cm³/mol. The zero-order chi connectivity index (χ0) is 86.9. The summed E-state index contributed by atoms with van der Waals surface area (Å²) in [5.41, 5.74) is 22.8. The predicted octanol–water partition coefficient (Wildman–Crippen LogP) is 28.5. The van der Waals surface area contributed by atoms with E-state index < -0.39 is 0 Å². The minimum atomic E-state index is 0.462. The Morgan fingerprint density at radius 2 is 0.470 bits per heavy atom. The van der Waals surface area contributed by atoms with Gasteiger partial charge in [-0.25, -0.2) is 9.97 Å². The van der Waals surface area contributed by atoms with E-state index in [0.717, 1.165) is 209 Å². The summed E-state index contributed by atoms with van der Waals surface area (Å²) in [5, 5.41) is 39.4. The van der Waals surface area contributed by atoms with E-state index >= 15 is 0 Å². The van der Waals surface area contributed by atoms with Gasteiger partial charge in [-0.2, -0.15) is 30.5 Å². The highest BCUT2D eigenvalue weighted by atomic mass is 16.3. The van der Waals surface area contributed by atoms with Gasteiger partial charge in [0.05, 0.1) is 94.1 Å². The molecule has 0 N–H and O–H groups in total. The fourth-order valence-corrected chi connectivity index (χ4v) is 20.6. The van der Waals surface area contributed by atoms with Gasteiger partial charge in [0, 0.05) is 114 Å². The van der Waals surface area contributed by atoms with E-state index in [2.05, 4.69) is 294 Å². The summed E-state index contributed by atoms with van der Waals surface area (Å²) in [5.74, 6) is 2.99. The van der Waals surface area contributed by atoms with Gasteiger partial charge in [-0.1, -0.05) is 261 Å². The molecule has 0 aliphatic carbocycles. The first kappa shape index (κ1) is 73.7. The van der Waals surface area contributed by atoms with E-state index in [-0.39, 0.29) is 0 Å². The van der Waals surface area contributed by atoms with Gasteiger partial charge in [-0.15, -0.1) is 0 Å². The second-order valence-corrected chi connectivity index (χ2v) is 33.4. The van der Waals surface area contributed by atoms with E-state index in [1.165, 1.54) is 0 Å². The number of para-hydroxylation sites is 10. The summed E-state index contributed by atoms with van der Waals surface area (Å²) >= 11 is 0. The van der Waals surface area contributed by atoms with Gasteiger partial charge in [-0.05, 0) is 140 Å². The maximum Gasteiger partial charge on any atom is 0.238 e. The van der Waals surface area contributed by atoms with Crippen molar-refractivity contribution in [1.29, 1.82) is 10.5 Å². The molecular formula is C116H66N14O2. The summed E-state index contributed by atoms with van der Waals surface area (Å²) in [4.78, 5) is 30.7. The molecule has 0 aliphatic rings. The van der Waals surface area contributed by atoms with Gasteiger partial charge in [0.1, 0.15) is 17.7 Å². The number of hydrogen-bond acceptors (Lipinski definition) is 10. The summed E-state index contributed by atoms with van der Waals surface area (Å²) in [6, 6.07) is 142. The molecule has 28 aromatic rings. The molecule has 0 saturated carbocycles. The summed E-state index contributed by atoms with van der Waals surface area (Å²) in [6.07, 6.45) is 0. The number of nitriles is 2. The minimum absolute atomic E-state index is 0.462. The third kappa shape index (κ3) is 11.0. The largest absolute Gasteiger partial charge is 0.453 e. The quantitative estimate of drug-likeness (QED) is 0.128. The van der Waals surface area contributed by atoms with E-state index in [4.69, 9.17) is 38.7 Å². The van der Waals surface area contributed by atoms with Gasteiger partial charge in [0.15, 0.2) is 40.0 Å². The smallest absolute Gasteiger partial charge is 0.238 e. The van der Waals surface area contributed by atoms with Gasteiger partial charge in [0.2, 0.25) is 11.9 Å². The maximum atomic E-state index is 11.1. The number of hydrogen-bond donors (Lipinski definition) is 0. The summed E-state index contributed by atoms with van der Waals surface area (Å²) in [6.45, 7) is 0. The maximum absolute atomic E-state index is 11.1. The van der Waals surface area contributed by atoms with Crippen LogP contribution in [0.25, 0.3) is 255 Å². The highest BCUT2D eigenvalue weighted by Gasteiger charge is 2.30. The molecule has 0 aliphatic heterocycles. The average molecular weight is 1690 g/mol. The number of furan rings is 2. The number of rotatable bonds is 10. The van der Waals surface area contributed by atoms with Crippen LogP contribution in [0, 0.1) is 22.7 Å². The molecular weight excluding hydrogens is 1620 g/mol. The van der Waals surface area contributed by atoms with Gasteiger partial charge < -0.3 is 27.1 Å². The molecule has 10 heterocycles. The zero-order valence-corrected chi connectivity index (χ0v) is 70.2. The highest BCUT2D eigenvalue weighted by molar-refractivity contribution is 6.29. The van der Waals surface area contributed by atoms with Crippen molar-refractivity contribution < 1.29 is 8.83 Å². The lowest BCUT2D eigenvalue weighted by Gasteiger charge is -2.13. The Labute approximate surface area is 750 Å². The van der Waals surface area contributed by atoms with E-state index in [0.29, 0.717) is 57.4 Å². The molecule has 0 atom stereocenters. The Morgan fingerprint density at radius 3 is 0.848 bits per heavy atom. The first-order valence-corrected chi connectivity index (χ1v) is 43.9. The fourth-order valence-electron chi connectivity index (χ4n) is 20.6. The molecule has 132 heavy (non-hydrogen) atoms. The number of nitrogens with zero attached hydrogens (tertiary/aromatic N) is 14. The lowest BCUT2D eigenvalue weighted by molar-refractivity contribution is 0.673. The van der Waals surface area contributed by atoms with Crippen molar-refractivity contribution >= 4 is 175 Å². The van der Waals surface area contributed by atoms with Crippen LogP contribution in [0.15, 0.2) is 409 Å².